The van der Waals surface area contributed by atoms with Crippen LogP contribution in [0.3, 0.4) is 0 Å². The Balaban J connectivity index is 1.37. The number of rotatable bonds is 14. The van der Waals surface area contributed by atoms with Crippen molar-refractivity contribution in [3.63, 3.8) is 0 Å². The molecule has 2 heterocycles. The van der Waals surface area contributed by atoms with E-state index < -0.39 is 25.4 Å². The average molecular weight is 535 g/mol. The third-order valence-electron chi connectivity index (χ3n) is 5.80. The van der Waals surface area contributed by atoms with Crippen molar-refractivity contribution in [1.82, 2.24) is 10.0 Å². The molecule has 1 fully saturated rings. The molecule has 3 rings (SSSR count). The lowest BCUT2D eigenvalue weighted by atomic mass is 10.0. The van der Waals surface area contributed by atoms with Crippen LogP contribution >= 0.6 is 7.60 Å². The minimum atomic E-state index is -4.00. The second kappa shape index (κ2) is 13.4. The van der Waals surface area contributed by atoms with Crippen LogP contribution in [0, 0.1) is 0 Å². The second-order valence-electron chi connectivity index (χ2n) is 8.94. The highest BCUT2D eigenvalue weighted by molar-refractivity contribution is 7.51. The Kier molecular flexibility index (Phi) is 10.3. The van der Waals surface area contributed by atoms with Crippen LogP contribution in [-0.2, 0) is 46.2 Å². The maximum atomic E-state index is 11.9. The SMILES string of the molecule is O=C(CCCc1cnc2cc(CCCC(=O)ON3C(=O)CCC3=O)ccc2c1)OCCCCP(=O)(O)O. The minimum Gasteiger partial charge on any atom is -0.466 e. The number of nitrogens with zero attached hydrogens (tertiary/aromatic N) is 2. The number of imide groups is 1. The molecule has 1 aliphatic rings. The van der Waals surface area contributed by atoms with Gasteiger partial charge in [-0.05, 0) is 61.8 Å². The molecule has 1 aromatic carbocycles. The van der Waals surface area contributed by atoms with Gasteiger partial charge in [0.1, 0.15) is 0 Å². The van der Waals surface area contributed by atoms with Gasteiger partial charge in [-0.3, -0.25) is 23.9 Å². The molecule has 37 heavy (non-hydrogen) atoms. The van der Waals surface area contributed by atoms with Crippen LogP contribution < -0.4 is 0 Å². The number of esters is 1. The van der Waals surface area contributed by atoms with Gasteiger partial charge in [0.25, 0.3) is 11.8 Å². The van der Waals surface area contributed by atoms with Crippen molar-refractivity contribution in [1.29, 1.82) is 0 Å². The predicted octanol–water partition coefficient (Wildman–Crippen LogP) is 2.99. The lowest BCUT2D eigenvalue weighted by Gasteiger charge is -2.12. The fourth-order valence-electron chi connectivity index (χ4n) is 3.86. The Morgan fingerprint density at radius 1 is 0.919 bits per heavy atom. The fourth-order valence-corrected chi connectivity index (χ4v) is 4.50. The first-order chi connectivity index (χ1) is 17.6. The Hall–Kier alpha value is -3.14. The zero-order valence-corrected chi connectivity index (χ0v) is 21.4. The summed E-state index contributed by atoms with van der Waals surface area (Å²) in [6.07, 6.45) is 5.09. The minimum absolute atomic E-state index is 0.0658. The zero-order chi connectivity index (χ0) is 26.8. The van der Waals surface area contributed by atoms with Crippen molar-refractivity contribution in [3.8, 4) is 0 Å². The lowest BCUT2D eigenvalue weighted by molar-refractivity contribution is -0.197. The van der Waals surface area contributed by atoms with Crippen LogP contribution in [0.25, 0.3) is 10.9 Å². The van der Waals surface area contributed by atoms with E-state index in [1.165, 1.54) is 0 Å². The van der Waals surface area contributed by atoms with Gasteiger partial charge in [0, 0.05) is 43.4 Å². The van der Waals surface area contributed by atoms with Crippen LogP contribution in [0.5, 0.6) is 0 Å². The highest BCUT2D eigenvalue weighted by Gasteiger charge is 2.32. The molecule has 2 N–H and O–H groups in total. The van der Waals surface area contributed by atoms with Crippen molar-refractivity contribution in [2.45, 2.75) is 64.2 Å². The van der Waals surface area contributed by atoms with Crippen LogP contribution in [0.1, 0.15) is 62.5 Å². The summed E-state index contributed by atoms with van der Waals surface area (Å²) in [5, 5.41) is 1.52. The molecule has 0 unspecified atom stereocenters. The second-order valence-corrected chi connectivity index (χ2v) is 10.7. The standard InChI is InChI=1S/C25H31N2O9P/c28-22-11-12-23(29)27(22)36-25(31)8-3-5-18-9-10-20-15-19(17-26-21(20)16-18)6-4-7-24(30)35-13-1-2-14-37(32,33)34/h9-10,15-17H,1-8,11-14H2,(H2,32,33,34). The number of hydrogen-bond acceptors (Lipinski definition) is 8. The van der Waals surface area contributed by atoms with Crippen LogP contribution in [0.4, 0.5) is 0 Å². The topological polar surface area (TPSA) is 160 Å². The Bertz CT molecular complexity index is 1180. The normalized spacial score (nSPS) is 13.8. The van der Waals surface area contributed by atoms with Gasteiger partial charge < -0.3 is 19.4 Å². The van der Waals surface area contributed by atoms with E-state index in [-0.39, 0.29) is 44.4 Å². The molecule has 0 bridgehead atoms. The molecule has 11 nitrogen and oxygen atoms in total. The van der Waals surface area contributed by atoms with Crippen molar-refractivity contribution in [2.75, 3.05) is 12.8 Å². The summed E-state index contributed by atoms with van der Waals surface area (Å²) in [5.41, 5.74) is 2.80. The molecule has 0 atom stereocenters. The smallest absolute Gasteiger partial charge is 0.333 e. The lowest BCUT2D eigenvalue weighted by Crippen LogP contribution is -2.31. The maximum absolute atomic E-state index is 11.9. The molecule has 1 aromatic heterocycles. The molecular weight excluding hydrogens is 503 g/mol. The third kappa shape index (κ3) is 9.68. The summed E-state index contributed by atoms with van der Waals surface area (Å²) in [6.45, 7) is 0.150. The van der Waals surface area contributed by atoms with E-state index in [9.17, 15) is 23.7 Å². The molecule has 2 aromatic rings. The highest BCUT2D eigenvalue weighted by atomic mass is 31.2. The molecule has 0 radical (unpaired) electrons. The van der Waals surface area contributed by atoms with E-state index >= 15 is 0 Å². The van der Waals surface area contributed by atoms with E-state index in [2.05, 4.69) is 4.98 Å². The summed E-state index contributed by atoms with van der Waals surface area (Å²) >= 11 is 0. The van der Waals surface area contributed by atoms with E-state index in [1.54, 1.807) is 6.20 Å². The number of fused-ring (bicyclic) bond motifs is 1. The molecular formula is C25H31N2O9P. The van der Waals surface area contributed by atoms with Crippen LogP contribution in [-0.4, -0.2) is 56.4 Å². The molecule has 0 spiro atoms. The maximum Gasteiger partial charge on any atom is 0.333 e. The van der Waals surface area contributed by atoms with Gasteiger partial charge in [-0.25, -0.2) is 4.79 Å². The number of amides is 2. The van der Waals surface area contributed by atoms with Crippen LogP contribution in [0.15, 0.2) is 30.5 Å². The predicted molar refractivity (Wildman–Crippen MR) is 132 cm³/mol. The number of aryl methyl sites for hydroxylation is 2. The van der Waals surface area contributed by atoms with Crippen molar-refractivity contribution in [2.24, 2.45) is 0 Å². The van der Waals surface area contributed by atoms with Crippen molar-refractivity contribution >= 4 is 42.3 Å². The summed E-state index contributed by atoms with van der Waals surface area (Å²) in [4.78, 5) is 73.8. The zero-order valence-electron chi connectivity index (χ0n) is 20.5. The first-order valence-electron chi connectivity index (χ1n) is 12.2. The van der Waals surface area contributed by atoms with Gasteiger partial charge in [-0.2, -0.15) is 0 Å². The van der Waals surface area contributed by atoms with Gasteiger partial charge in [-0.1, -0.05) is 12.1 Å². The summed E-state index contributed by atoms with van der Waals surface area (Å²) in [5.74, 6) is -1.94. The van der Waals surface area contributed by atoms with Crippen LogP contribution in [0.2, 0.25) is 0 Å². The van der Waals surface area contributed by atoms with E-state index in [4.69, 9.17) is 19.4 Å². The average Bonchev–Trinajstić information content (AvgIpc) is 3.15. The number of carbonyl (C=O) groups is 4. The molecule has 1 saturated heterocycles. The highest BCUT2D eigenvalue weighted by Crippen LogP contribution is 2.35. The van der Waals surface area contributed by atoms with Gasteiger partial charge in [0.2, 0.25) is 0 Å². The number of carbonyl (C=O) groups excluding carboxylic acids is 4. The van der Waals surface area contributed by atoms with Crippen molar-refractivity contribution in [3.05, 3.63) is 41.6 Å². The number of hydrogen-bond donors (Lipinski definition) is 2. The Morgan fingerprint density at radius 2 is 1.59 bits per heavy atom. The number of unbranched alkanes of at least 4 members (excludes halogenated alkanes) is 1. The molecule has 1 aliphatic heterocycles. The van der Waals surface area contributed by atoms with E-state index in [0.717, 1.165) is 22.0 Å². The van der Waals surface area contributed by atoms with Gasteiger partial charge in [-0.15, -0.1) is 5.06 Å². The molecule has 2 amide bonds. The largest absolute Gasteiger partial charge is 0.466 e. The number of pyridine rings is 1. The van der Waals surface area contributed by atoms with Gasteiger partial charge in [0.05, 0.1) is 12.1 Å². The molecule has 200 valence electrons. The Labute approximate surface area is 214 Å². The number of hydroxylamine groups is 2. The van der Waals surface area contributed by atoms with E-state index in [1.807, 2.05) is 24.3 Å². The Morgan fingerprint density at radius 3 is 2.30 bits per heavy atom. The number of benzene rings is 1. The quantitative estimate of drug-likeness (QED) is 0.160. The monoisotopic (exact) mass is 534 g/mol. The first kappa shape index (κ1) is 28.4. The summed E-state index contributed by atoms with van der Waals surface area (Å²) < 4.78 is 15.9. The number of aromatic nitrogens is 1. The van der Waals surface area contributed by atoms with E-state index in [0.29, 0.717) is 43.6 Å². The van der Waals surface area contributed by atoms with Gasteiger partial charge in [0.15, 0.2) is 0 Å². The van der Waals surface area contributed by atoms with Crippen molar-refractivity contribution < 1.29 is 43.1 Å². The number of ether oxygens (including phenoxy) is 1. The summed E-state index contributed by atoms with van der Waals surface area (Å²) in [7, 11) is -4.00. The third-order valence-corrected chi connectivity index (χ3v) is 6.70. The first-order valence-corrected chi connectivity index (χ1v) is 14.0. The molecule has 0 aliphatic carbocycles. The fraction of sp³-hybridized carbons (Fsp3) is 0.480. The van der Waals surface area contributed by atoms with Gasteiger partial charge >= 0.3 is 19.5 Å². The molecule has 12 heteroatoms. The summed E-state index contributed by atoms with van der Waals surface area (Å²) in [6, 6.07) is 7.87. The molecule has 0 saturated carbocycles.